The van der Waals surface area contributed by atoms with E-state index in [4.69, 9.17) is 9.47 Å². The zero-order chi connectivity index (χ0) is 17.8. The number of methoxy groups -OCH3 is 2. The van der Waals surface area contributed by atoms with Gasteiger partial charge in [-0.1, -0.05) is 28.1 Å². The molecule has 25 heavy (non-hydrogen) atoms. The number of nitrogens with zero attached hydrogens (tertiary/aromatic N) is 1. The normalized spacial score (nSPS) is 17.0. The maximum atomic E-state index is 12.2. The van der Waals surface area contributed by atoms with Crippen LogP contribution in [0.25, 0.3) is 6.08 Å². The Hall–Kier alpha value is -2.25. The fourth-order valence-corrected chi connectivity index (χ4v) is 3.38. The van der Waals surface area contributed by atoms with E-state index < -0.39 is 0 Å². The molecule has 1 amide bonds. The van der Waals surface area contributed by atoms with Gasteiger partial charge in [0.25, 0.3) is 5.91 Å². The van der Waals surface area contributed by atoms with Gasteiger partial charge in [-0.05, 0) is 48.2 Å². The lowest BCUT2D eigenvalue weighted by molar-refractivity contribution is -0.115. The summed E-state index contributed by atoms with van der Waals surface area (Å²) in [5, 5.41) is 3.32. The van der Waals surface area contributed by atoms with Crippen LogP contribution in [0.3, 0.4) is 0 Å². The van der Waals surface area contributed by atoms with E-state index in [1.54, 1.807) is 20.3 Å². The lowest BCUT2D eigenvalue weighted by Gasteiger charge is -2.10. The predicted molar refractivity (Wildman–Crippen MR) is 104 cm³/mol. The van der Waals surface area contributed by atoms with Crippen molar-refractivity contribution in [1.29, 1.82) is 0 Å². The molecule has 0 aliphatic carbocycles. The lowest BCUT2D eigenvalue weighted by atomic mass is 10.1. The molecular formula is C18H15BrN2O3S. The van der Waals surface area contributed by atoms with Gasteiger partial charge < -0.3 is 14.8 Å². The molecule has 0 spiro atoms. The number of para-hydroxylation sites is 1. The van der Waals surface area contributed by atoms with Crippen molar-refractivity contribution in [2.75, 3.05) is 14.2 Å². The number of hydrogen-bond acceptors (Lipinski definition) is 5. The molecule has 1 aliphatic heterocycles. The zero-order valence-electron chi connectivity index (χ0n) is 13.6. The van der Waals surface area contributed by atoms with E-state index in [0.29, 0.717) is 21.6 Å². The monoisotopic (exact) mass is 418 g/mol. The highest BCUT2D eigenvalue weighted by molar-refractivity contribution is 9.10. The summed E-state index contributed by atoms with van der Waals surface area (Å²) in [5.41, 5.74) is 1.54. The standard InChI is InChI=1S/C18H15BrN2O3S/c1-23-14-5-3-4-11(16(14)24-2)10-15-17(22)21-18(25-15)20-13-8-6-12(19)7-9-13/h3-10H,1-2H3,(H,20,21,22)/b15-10+. The summed E-state index contributed by atoms with van der Waals surface area (Å²) < 4.78 is 11.7. The molecular weight excluding hydrogens is 404 g/mol. The number of hydrogen-bond donors (Lipinski definition) is 1. The van der Waals surface area contributed by atoms with Gasteiger partial charge >= 0.3 is 0 Å². The molecule has 1 saturated heterocycles. The number of aliphatic imine (C=N–C) groups is 1. The summed E-state index contributed by atoms with van der Waals surface area (Å²) in [6.45, 7) is 0. The number of amides is 1. The average molecular weight is 419 g/mol. The van der Waals surface area contributed by atoms with Crippen molar-refractivity contribution in [2.24, 2.45) is 4.99 Å². The van der Waals surface area contributed by atoms with E-state index in [0.717, 1.165) is 15.7 Å². The van der Waals surface area contributed by atoms with Crippen LogP contribution >= 0.6 is 27.7 Å². The molecule has 2 aromatic carbocycles. The molecule has 0 bridgehead atoms. The molecule has 1 fully saturated rings. The molecule has 0 radical (unpaired) electrons. The third kappa shape index (κ3) is 4.05. The van der Waals surface area contributed by atoms with Crippen LogP contribution < -0.4 is 14.8 Å². The van der Waals surface area contributed by atoms with Gasteiger partial charge in [0, 0.05) is 10.0 Å². The van der Waals surface area contributed by atoms with Crippen molar-refractivity contribution in [3.63, 3.8) is 0 Å². The largest absolute Gasteiger partial charge is 0.493 e. The van der Waals surface area contributed by atoms with Gasteiger partial charge in [0.1, 0.15) is 0 Å². The third-order valence-electron chi connectivity index (χ3n) is 3.43. The van der Waals surface area contributed by atoms with E-state index in [2.05, 4.69) is 26.2 Å². The summed E-state index contributed by atoms with van der Waals surface area (Å²) in [5.74, 6) is 1.01. The van der Waals surface area contributed by atoms with E-state index in [-0.39, 0.29) is 5.91 Å². The smallest absolute Gasteiger partial charge is 0.264 e. The summed E-state index contributed by atoms with van der Waals surface area (Å²) in [6, 6.07) is 13.1. The molecule has 1 N–H and O–H groups in total. The molecule has 2 aromatic rings. The second kappa shape index (κ2) is 7.76. The van der Waals surface area contributed by atoms with Crippen LogP contribution in [0.5, 0.6) is 11.5 Å². The molecule has 0 aromatic heterocycles. The Kier molecular flexibility index (Phi) is 5.45. The highest BCUT2D eigenvalue weighted by Gasteiger charge is 2.24. The predicted octanol–water partition coefficient (Wildman–Crippen LogP) is 4.36. The van der Waals surface area contributed by atoms with Crippen molar-refractivity contribution in [1.82, 2.24) is 5.32 Å². The molecule has 128 valence electrons. The minimum atomic E-state index is -0.189. The molecule has 0 atom stereocenters. The van der Waals surface area contributed by atoms with Crippen molar-refractivity contribution >= 4 is 50.5 Å². The van der Waals surface area contributed by atoms with Crippen LogP contribution in [-0.2, 0) is 4.79 Å². The second-order valence-electron chi connectivity index (χ2n) is 5.04. The number of amidine groups is 1. The fraction of sp³-hybridized carbons (Fsp3) is 0.111. The molecule has 7 heteroatoms. The van der Waals surface area contributed by atoms with E-state index in [1.807, 2.05) is 42.5 Å². The molecule has 0 unspecified atom stereocenters. The van der Waals surface area contributed by atoms with Crippen molar-refractivity contribution in [2.45, 2.75) is 0 Å². The maximum absolute atomic E-state index is 12.2. The van der Waals surface area contributed by atoms with Crippen LogP contribution in [-0.4, -0.2) is 25.3 Å². The van der Waals surface area contributed by atoms with Crippen LogP contribution in [0.4, 0.5) is 5.69 Å². The Morgan fingerprint density at radius 2 is 1.88 bits per heavy atom. The third-order valence-corrected chi connectivity index (χ3v) is 4.87. The van der Waals surface area contributed by atoms with E-state index in [9.17, 15) is 4.79 Å². The van der Waals surface area contributed by atoms with Gasteiger partial charge in [0.15, 0.2) is 16.7 Å². The minimum Gasteiger partial charge on any atom is -0.493 e. The Bertz CT molecular complexity index is 863. The number of nitrogens with one attached hydrogen (secondary N) is 1. The first kappa shape index (κ1) is 17.6. The molecule has 1 aliphatic rings. The number of rotatable bonds is 4. The summed E-state index contributed by atoms with van der Waals surface area (Å²) >= 11 is 4.67. The topological polar surface area (TPSA) is 59.9 Å². The molecule has 3 rings (SSSR count). The van der Waals surface area contributed by atoms with Gasteiger partial charge in [0.2, 0.25) is 0 Å². The van der Waals surface area contributed by atoms with Crippen molar-refractivity contribution in [3.05, 3.63) is 57.4 Å². The van der Waals surface area contributed by atoms with Gasteiger partial charge in [-0.2, -0.15) is 0 Å². The van der Waals surface area contributed by atoms with Crippen LogP contribution in [0, 0.1) is 0 Å². The first-order valence-corrected chi connectivity index (χ1v) is 8.98. The van der Waals surface area contributed by atoms with E-state index in [1.165, 1.54) is 11.8 Å². The molecule has 1 heterocycles. The number of ether oxygens (including phenoxy) is 2. The Labute approximate surface area is 158 Å². The van der Waals surface area contributed by atoms with Gasteiger partial charge in [-0.3, -0.25) is 4.79 Å². The number of carbonyl (C=O) groups excluding carboxylic acids is 1. The first-order valence-electron chi connectivity index (χ1n) is 7.37. The van der Waals surface area contributed by atoms with Gasteiger partial charge in [0.05, 0.1) is 24.8 Å². The number of benzene rings is 2. The van der Waals surface area contributed by atoms with Crippen LogP contribution in [0.15, 0.2) is 56.8 Å². The summed E-state index contributed by atoms with van der Waals surface area (Å²) in [4.78, 5) is 17.2. The average Bonchev–Trinajstić information content (AvgIpc) is 2.95. The second-order valence-corrected chi connectivity index (χ2v) is 6.99. The molecule has 0 saturated carbocycles. The highest BCUT2D eigenvalue weighted by atomic mass is 79.9. The molecule has 5 nitrogen and oxygen atoms in total. The van der Waals surface area contributed by atoms with E-state index >= 15 is 0 Å². The Morgan fingerprint density at radius 1 is 1.12 bits per heavy atom. The number of carbonyl (C=O) groups is 1. The van der Waals surface area contributed by atoms with Crippen LogP contribution in [0.1, 0.15) is 5.56 Å². The number of thioether (sulfide) groups is 1. The SMILES string of the molecule is COc1cccc(/C=C2/SC(=Nc3ccc(Br)cc3)NC2=O)c1OC. The summed E-state index contributed by atoms with van der Waals surface area (Å²) in [6.07, 6.45) is 1.77. The summed E-state index contributed by atoms with van der Waals surface area (Å²) in [7, 11) is 3.15. The zero-order valence-corrected chi connectivity index (χ0v) is 16.0. The van der Waals surface area contributed by atoms with Crippen LogP contribution in [0.2, 0.25) is 0 Å². The Balaban J connectivity index is 1.88. The van der Waals surface area contributed by atoms with Crippen molar-refractivity contribution in [3.8, 4) is 11.5 Å². The fourth-order valence-electron chi connectivity index (χ4n) is 2.28. The minimum absolute atomic E-state index is 0.189. The first-order chi connectivity index (χ1) is 12.1. The lowest BCUT2D eigenvalue weighted by Crippen LogP contribution is -2.19. The van der Waals surface area contributed by atoms with Gasteiger partial charge in [-0.15, -0.1) is 0 Å². The Morgan fingerprint density at radius 3 is 2.56 bits per heavy atom. The van der Waals surface area contributed by atoms with Gasteiger partial charge in [-0.25, -0.2) is 4.99 Å². The highest BCUT2D eigenvalue weighted by Crippen LogP contribution is 2.35. The maximum Gasteiger partial charge on any atom is 0.264 e. The quantitative estimate of drug-likeness (QED) is 0.749. The number of halogens is 1. The van der Waals surface area contributed by atoms with Crippen molar-refractivity contribution < 1.29 is 14.3 Å².